The second-order valence-corrected chi connectivity index (χ2v) is 6.69. The summed E-state index contributed by atoms with van der Waals surface area (Å²) in [7, 11) is 0. The Morgan fingerprint density at radius 1 is 1.20 bits per heavy atom. The summed E-state index contributed by atoms with van der Waals surface area (Å²) in [6, 6.07) is 0. The molecule has 1 aliphatic heterocycles. The lowest BCUT2D eigenvalue weighted by Gasteiger charge is -2.23. The highest BCUT2D eigenvalue weighted by atomic mass is 16.2. The molecule has 0 bridgehead atoms. The molecule has 1 aromatic heterocycles. The lowest BCUT2D eigenvalue weighted by Crippen LogP contribution is -2.39. The molecule has 1 aliphatic rings. The zero-order valence-corrected chi connectivity index (χ0v) is 14.9. The molecular weight excluding hydrogens is 312 g/mol. The molecule has 0 radical (unpaired) electrons. The van der Waals surface area contributed by atoms with E-state index in [-0.39, 0.29) is 11.3 Å². The molecule has 3 N–H and O–H groups in total. The van der Waals surface area contributed by atoms with Gasteiger partial charge in [0.25, 0.3) is 5.91 Å². The van der Waals surface area contributed by atoms with E-state index in [1.165, 1.54) is 0 Å². The van der Waals surface area contributed by atoms with Crippen molar-refractivity contribution in [3.05, 3.63) is 84.4 Å². The summed E-state index contributed by atoms with van der Waals surface area (Å²) < 4.78 is 0. The number of carbonyl (C=O) groups is 1. The molecule has 130 valence electrons. The predicted octanol–water partition coefficient (Wildman–Crippen LogP) is 3.46. The fourth-order valence-corrected chi connectivity index (χ4v) is 2.41. The molecule has 0 aromatic carbocycles. The summed E-state index contributed by atoms with van der Waals surface area (Å²) in [5, 5.41) is 5.89. The number of carbonyl (C=O) groups excluding carboxylic acids is 1. The summed E-state index contributed by atoms with van der Waals surface area (Å²) in [5.41, 5.74) is 3.98. The third-order valence-electron chi connectivity index (χ3n) is 3.66. The van der Waals surface area contributed by atoms with Crippen LogP contribution in [0.2, 0.25) is 0 Å². The Kier molecular flexibility index (Phi) is 5.27. The van der Waals surface area contributed by atoms with Gasteiger partial charge in [-0.15, -0.1) is 0 Å². The molecule has 5 nitrogen and oxygen atoms in total. The maximum Gasteiger partial charge on any atom is 0.272 e. The average Bonchev–Trinajstić information content (AvgIpc) is 3.00. The smallest absolute Gasteiger partial charge is 0.272 e. The molecule has 5 heteroatoms. The summed E-state index contributed by atoms with van der Waals surface area (Å²) in [6.45, 7) is 17.6. The number of nitrogens with one attached hydrogen (secondary N) is 3. The lowest BCUT2D eigenvalue weighted by atomic mass is 9.90. The Balaban J connectivity index is 2.31. The van der Waals surface area contributed by atoms with Crippen LogP contribution in [0.3, 0.4) is 0 Å². The zero-order chi connectivity index (χ0) is 18.6. The largest absolute Gasteiger partial charge is 0.350 e. The monoisotopic (exact) mass is 336 g/mol. The fraction of sp³-hybridized carbons (Fsp3) is 0.200. The minimum absolute atomic E-state index is 0.107. The molecule has 0 saturated carbocycles. The van der Waals surface area contributed by atoms with Gasteiger partial charge in [-0.05, 0) is 17.7 Å². The topological polar surface area (TPSA) is 69.8 Å². The van der Waals surface area contributed by atoms with Crippen molar-refractivity contribution < 1.29 is 4.79 Å². The van der Waals surface area contributed by atoms with E-state index in [0.29, 0.717) is 17.1 Å². The normalized spacial score (nSPS) is 18.9. The quantitative estimate of drug-likeness (QED) is 0.582. The van der Waals surface area contributed by atoms with Crippen LogP contribution in [0.15, 0.2) is 73.0 Å². The molecule has 0 atom stereocenters. The third-order valence-corrected chi connectivity index (χ3v) is 3.66. The van der Waals surface area contributed by atoms with Gasteiger partial charge in [-0.1, -0.05) is 58.7 Å². The van der Waals surface area contributed by atoms with Crippen molar-refractivity contribution >= 4 is 12.0 Å². The van der Waals surface area contributed by atoms with E-state index in [2.05, 4.69) is 61.1 Å². The Morgan fingerprint density at radius 2 is 1.92 bits per heavy atom. The van der Waals surface area contributed by atoms with Crippen LogP contribution in [0.5, 0.6) is 0 Å². The molecule has 1 amide bonds. The lowest BCUT2D eigenvalue weighted by molar-refractivity contribution is -0.117. The molecule has 1 aromatic rings. The van der Waals surface area contributed by atoms with Gasteiger partial charge in [0.15, 0.2) is 0 Å². The number of amides is 1. The maximum atomic E-state index is 12.4. The number of nitrogens with zero attached hydrogens (tertiary/aromatic N) is 1. The fourth-order valence-electron chi connectivity index (χ4n) is 2.41. The molecule has 0 aliphatic carbocycles. The van der Waals surface area contributed by atoms with E-state index in [9.17, 15) is 4.79 Å². The molecule has 25 heavy (non-hydrogen) atoms. The van der Waals surface area contributed by atoms with E-state index >= 15 is 0 Å². The highest BCUT2D eigenvalue weighted by Crippen LogP contribution is 2.25. The maximum absolute atomic E-state index is 12.4. The van der Waals surface area contributed by atoms with Crippen LogP contribution < -0.4 is 10.6 Å². The van der Waals surface area contributed by atoms with E-state index in [0.717, 1.165) is 17.0 Å². The van der Waals surface area contributed by atoms with Crippen LogP contribution in [0, 0.1) is 0 Å². The van der Waals surface area contributed by atoms with Crippen LogP contribution in [-0.2, 0) is 10.2 Å². The molecule has 2 rings (SSSR count). The molecule has 1 saturated heterocycles. The second-order valence-electron chi connectivity index (χ2n) is 6.69. The number of aromatic amines is 1. The zero-order valence-electron chi connectivity index (χ0n) is 14.9. The summed E-state index contributed by atoms with van der Waals surface area (Å²) in [6.07, 6.45) is 10.3. The van der Waals surface area contributed by atoms with Crippen molar-refractivity contribution in [2.45, 2.75) is 26.2 Å². The van der Waals surface area contributed by atoms with Gasteiger partial charge >= 0.3 is 0 Å². The first-order chi connectivity index (χ1) is 11.8. The van der Waals surface area contributed by atoms with Crippen LogP contribution in [0.1, 0.15) is 32.2 Å². The van der Waals surface area contributed by atoms with E-state index in [1.54, 1.807) is 36.7 Å². The molecule has 1 fully saturated rings. The van der Waals surface area contributed by atoms with Crippen molar-refractivity contribution in [2.24, 2.45) is 0 Å². The second kappa shape index (κ2) is 7.21. The SMILES string of the molecule is C=C/C=C(C=C)/C=C1\NC(=O)/C(=C/c2nc[nH]c2C(C)(C)C)NC1=C. The summed E-state index contributed by atoms with van der Waals surface area (Å²) in [4.78, 5) is 19.9. The standard InChI is InChI=1S/C20H24N4O/c1-7-9-14(8-2)10-15-13(3)23-17(19(25)24-15)11-16-18(20(4,5)6)22-12-21-16/h7-12,23H,1-3H2,4-6H3,(H,21,22)(H,24,25)/b14-9+,15-10-,17-11-. The number of aromatic nitrogens is 2. The first-order valence-corrected chi connectivity index (χ1v) is 7.96. The Bertz CT molecular complexity index is 813. The number of imidazole rings is 1. The number of hydrogen-bond donors (Lipinski definition) is 3. The number of rotatable bonds is 4. The van der Waals surface area contributed by atoms with Crippen LogP contribution in [-0.4, -0.2) is 15.9 Å². The minimum atomic E-state index is -0.247. The van der Waals surface area contributed by atoms with Crippen molar-refractivity contribution in [1.29, 1.82) is 0 Å². The molecule has 0 unspecified atom stereocenters. The molecular formula is C20H24N4O. The van der Waals surface area contributed by atoms with E-state index in [1.807, 2.05) is 0 Å². The first-order valence-electron chi connectivity index (χ1n) is 7.96. The average molecular weight is 336 g/mol. The third kappa shape index (κ3) is 4.26. The number of H-pyrrole nitrogens is 1. The summed E-state index contributed by atoms with van der Waals surface area (Å²) in [5.74, 6) is -0.247. The van der Waals surface area contributed by atoms with Crippen molar-refractivity contribution in [1.82, 2.24) is 20.6 Å². The van der Waals surface area contributed by atoms with Crippen molar-refractivity contribution in [3.8, 4) is 0 Å². The molecule has 0 spiro atoms. The van der Waals surface area contributed by atoms with Gasteiger partial charge in [0.1, 0.15) is 5.70 Å². The highest BCUT2D eigenvalue weighted by molar-refractivity contribution is 6.00. The first kappa shape index (κ1) is 18.3. The van der Waals surface area contributed by atoms with Crippen molar-refractivity contribution in [3.63, 3.8) is 0 Å². The van der Waals surface area contributed by atoms with Gasteiger partial charge < -0.3 is 15.6 Å². The Hall–Kier alpha value is -3.08. The number of hydrogen-bond acceptors (Lipinski definition) is 3. The van der Waals surface area contributed by atoms with Gasteiger partial charge in [-0.2, -0.15) is 0 Å². The predicted molar refractivity (Wildman–Crippen MR) is 102 cm³/mol. The summed E-state index contributed by atoms with van der Waals surface area (Å²) >= 11 is 0. The van der Waals surface area contributed by atoms with Gasteiger partial charge in [-0.25, -0.2) is 4.98 Å². The van der Waals surface area contributed by atoms with Crippen LogP contribution >= 0.6 is 0 Å². The van der Waals surface area contributed by atoms with Gasteiger partial charge in [0, 0.05) is 11.1 Å². The Morgan fingerprint density at radius 3 is 2.52 bits per heavy atom. The number of piperazine rings is 1. The van der Waals surface area contributed by atoms with Crippen molar-refractivity contribution in [2.75, 3.05) is 0 Å². The Labute approximate surface area is 148 Å². The van der Waals surface area contributed by atoms with Crippen LogP contribution in [0.4, 0.5) is 0 Å². The van der Waals surface area contributed by atoms with E-state index < -0.39 is 0 Å². The van der Waals surface area contributed by atoms with Crippen LogP contribution in [0.25, 0.3) is 6.08 Å². The van der Waals surface area contributed by atoms with Gasteiger partial charge in [-0.3, -0.25) is 4.79 Å². The van der Waals surface area contributed by atoms with E-state index in [4.69, 9.17) is 0 Å². The van der Waals surface area contributed by atoms with Gasteiger partial charge in [0.2, 0.25) is 0 Å². The highest BCUT2D eigenvalue weighted by Gasteiger charge is 2.24. The van der Waals surface area contributed by atoms with Gasteiger partial charge in [0.05, 0.1) is 23.4 Å². The molecule has 2 heterocycles. The minimum Gasteiger partial charge on any atom is -0.350 e. The number of allylic oxidation sites excluding steroid dienone is 5.